The van der Waals surface area contributed by atoms with Gasteiger partial charge in [-0.15, -0.1) is 11.3 Å². The summed E-state index contributed by atoms with van der Waals surface area (Å²) in [6.07, 6.45) is 5.81. The molecule has 0 bridgehead atoms. The van der Waals surface area contributed by atoms with Crippen LogP contribution in [-0.2, 0) is 6.42 Å². The van der Waals surface area contributed by atoms with Crippen LogP contribution in [-0.4, -0.2) is 47.9 Å². The van der Waals surface area contributed by atoms with Gasteiger partial charge in [-0.1, -0.05) is 6.92 Å². The Labute approximate surface area is 125 Å². The Kier molecular flexibility index (Phi) is 4.13. The van der Waals surface area contributed by atoms with Gasteiger partial charge in [0.1, 0.15) is 0 Å². The first kappa shape index (κ1) is 14.1. The molecule has 3 rings (SSSR count). The van der Waals surface area contributed by atoms with Crippen molar-refractivity contribution in [3.05, 3.63) is 21.9 Å². The van der Waals surface area contributed by atoms with Crippen LogP contribution in [0.3, 0.4) is 0 Å². The molecule has 2 saturated heterocycles. The Morgan fingerprint density at radius 3 is 2.75 bits per heavy atom. The van der Waals surface area contributed by atoms with Gasteiger partial charge in [0.15, 0.2) is 0 Å². The van der Waals surface area contributed by atoms with Crippen LogP contribution < -0.4 is 0 Å². The standard InChI is InChI=1S/C16H24N2OS/c1-3-12-8-11-20-15(12)16(19)18-10-5-7-14(18)13-6-4-9-17(13)2/h8,11,13-14H,3-7,9-10H2,1-2H3/t13-,14+/m0/s1. The molecule has 110 valence electrons. The third-order valence-electron chi connectivity index (χ3n) is 4.90. The van der Waals surface area contributed by atoms with Crippen molar-refractivity contribution in [1.82, 2.24) is 9.80 Å². The lowest BCUT2D eigenvalue weighted by molar-refractivity contribution is 0.0668. The highest BCUT2D eigenvalue weighted by Gasteiger charge is 2.39. The molecule has 2 aliphatic heterocycles. The molecule has 2 fully saturated rings. The lowest BCUT2D eigenvalue weighted by Crippen LogP contribution is -2.47. The quantitative estimate of drug-likeness (QED) is 0.855. The second kappa shape index (κ2) is 5.86. The number of rotatable bonds is 3. The van der Waals surface area contributed by atoms with E-state index in [0.29, 0.717) is 12.1 Å². The van der Waals surface area contributed by atoms with Crippen molar-refractivity contribution in [1.29, 1.82) is 0 Å². The Morgan fingerprint density at radius 2 is 2.05 bits per heavy atom. The molecule has 0 N–H and O–H groups in total. The number of carbonyl (C=O) groups excluding carboxylic acids is 1. The summed E-state index contributed by atoms with van der Waals surface area (Å²) in [5, 5.41) is 2.05. The van der Waals surface area contributed by atoms with E-state index in [-0.39, 0.29) is 5.91 Å². The van der Waals surface area contributed by atoms with Crippen LogP contribution >= 0.6 is 11.3 Å². The number of amides is 1. The summed E-state index contributed by atoms with van der Waals surface area (Å²) in [4.78, 5) is 18.5. The fraction of sp³-hybridized carbons (Fsp3) is 0.688. The summed E-state index contributed by atoms with van der Waals surface area (Å²) >= 11 is 1.61. The van der Waals surface area contributed by atoms with Crippen LogP contribution in [0.1, 0.15) is 47.8 Å². The number of likely N-dealkylation sites (tertiary alicyclic amines) is 2. The monoisotopic (exact) mass is 292 g/mol. The van der Waals surface area contributed by atoms with E-state index < -0.39 is 0 Å². The van der Waals surface area contributed by atoms with Crippen LogP contribution in [0.5, 0.6) is 0 Å². The Morgan fingerprint density at radius 1 is 1.30 bits per heavy atom. The molecule has 0 aromatic carbocycles. The lowest BCUT2D eigenvalue weighted by atomic mass is 10.0. The van der Waals surface area contributed by atoms with Crippen LogP contribution in [0.2, 0.25) is 0 Å². The van der Waals surface area contributed by atoms with Crippen LogP contribution in [0.4, 0.5) is 0 Å². The van der Waals surface area contributed by atoms with Gasteiger partial charge in [0, 0.05) is 18.6 Å². The van der Waals surface area contributed by atoms with E-state index in [4.69, 9.17) is 0 Å². The SMILES string of the molecule is CCc1ccsc1C(=O)N1CCC[C@@H]1[C@@H]1CCCN1C. The number of aryl methyl sites for hydroxylation is 1. The van der Waals surface area contributed by atoms with E-state index in [2.05, 4.69) is 35.2 Å². The Hall–Kier alpha value is -0.870. The van der Waals surface area contributed by atoms with Gasteiger partial charge in [0.25, 0.3) is 5.91 Å². The average molecular weight is 292 g/mol. The fourth-order valence-corrected chi connectivity index (χ4v) is 4.75. The van der Waals surface area contributed by atoms with Crippen molar-refractivity contribution < 1.29 is 4.79 Å². The molecule has 20 heavy (non-hydrogen) atoms. The summed E-state index contributed by atoms with van der Waals surface area (Å²) in [6, 6.07) is 3.11. The molecule has 2 aliphatic rings. The first-order valence-electron chi connectivity index (χ1n) is 7.80. The van der Waals surface area contributed by atoms with Gasteiger partial charge in [-0.05, 0) is 62.7 Å². The smallest absolute Gasteiger partial charge is 0.264 e. The topological polar surface area (TPSA) is 23.6 Å². The van der Waals surface area contributed by atoms with Gasteiger partial charge < -0.3 is 9.80 Å². The second-order valence-electron chi connectivity index (χ2n) is 6.03. The Bertz CT molecular complexity index is 485. The minimum Gasteiger partial charge on any atom is -0.333 e. The van der Waals surface area contributed by atoms with Gasteiger partial charge in [-0.3, -0.25) is 4.79 Å². The number of hydrogen-bond donors (Lipinski definition) is 0. The summed E-state index contributed by atoms with van der Waals surface area (Å²) in [7, 11) is 2.21. The van der Waals surface area contributed by atoms with Crippen molar-refractivity contribution in [2.75, 3.05) is 20.1 Å². The zero-order valence-electron chi connectivity index (χ0n) is 12.5. The van der Waals surface area contributed by atoms with E-state index in [9.17, 15) is 4.79 Å². The van der Waals surface area contributed by atoms with Gasteiger partial charge in [0.05, 0.1) is 4.88 Å². The summed E-state index contributed by atoms with van der Waals surface area (Å²) in [6.45, 7) is 4.25. The maximum absolute atomic E-state index is 12.9. The van der Waals surface area contributed by atoms with E-state index >= 15 is 0 Å². The normalized spacial score (nSPS) is 27.4. The highest BCUT2D eigenvalue weighted by Crippen LogP contribution is 2.31. The van der Waals surface area contributed by atoms with Gasteiger partial charge in [-0.25, -0.2) is 0 Å². The zero-order valence-corrected chi connectivity index (χ0v) is 13.3. The number of nitrogens with zero attached hydrogens (tertiary/aromatic N) is 2. The van der Waals surface area contributed by atoms with E-state index in [1.807, 2.05) is 0 Å². The zero-order chi connectivity index (χ0) is 14.1. The first-order chi connectivity index (χ1) is 9.72. The maximum atomic E-state index is 12.9. The predicted molar refractivity (Wildman–Crippen MR) is 83.4 cm³/mol. The van der Waals surface area contributed by atoms with E-state index in [1.165, 1.54) is 31.4 Å². The molecule has 0 radical (unpaired) electrons. The number of hydrogen-bond acceptors (Lipinski definition) is 3. The second-order valence-corrected chi connectivity index (χ2v) is 6.94. The molecule has 3 heterocycles. The van der Waals surface area contributed by atoms with Gasteiger partial charge >= 0.3 is 0 Å². The number of likely N-dealkylation sites (N-methyl/N-ethyl adjacent to an activating group) is 1. The average Bonchev–Trinajstić information content (AvgIpc) is 3.17. The third kappa shape index (κ3) is 2.40. The molecule has 1 aromatic heterocycles. The molecular formula is C16H24N2OS. The highest BCUT2D eigenvalue weighted by molar-refractivity contribution is 7.12. The van der Waals surface area contributed by atoms with Gasteiger partial charge in [-0.2, -0.15) is 0 Å². The van der Waals surface area contributed by atoms with Crippen LogP contribution in [0.25, 0.3) is 0 Å². The number of thiophene rings is 1. The molecule has 1 amide bonds. The van der Waals surface area contributed by atoms with Crippen LogP contribution in [0.15, 0.2) is 11.4 Å². The van der Waals surface area contributed by atoms with E-state index in [0.717, 1.165) is 24.3 Å². The minimum absolute atomic E-state index is 0.277. The summed E-state index contributed by atoms with van der Waals surface area (Å²) in [5.41, 5.74) is 1.21. The first-order valence-corrected chi connectivity index (χ1v) is 8.68. The summed E-state index contributed by atoms with van der Waals surface area (Å²) < 4.78 is 0. The molecule has 0 unspecified atom stereocenters. The predicted octanol–water partition coefficient (Wildman–Crippen LogP) is 3.01. The molecule has 0 saturated carbocycles. The molecular weight excluding hydrogens is 268 g/mol. The molecule has 3 nitrogen and oxygen atoms in total. The molecule has 2 atom stereocenters. The maximum Gasteiger partial charge on any atom is 0.264 e. The highest BCUT2D eigenvalue weighted by atomic mass is 32.1. The van der Waals surface area contributed by atoms with Crippen molar-refractivity contribution in [2.45, 2.75) is 51.1 Å². The van der Waals surface area contributed by atoms with E-state index in [1.54, 1.807) is 11.3 Å². The fourth-order valence-electron chi connectivity index (χ4n) is 3.80. The molecule has 0 spiro atoms. The summed E-state index contributed by atoms with van der Waals surface area (Å²) in [5.74, 6) is 0.277. The van der Waals surface area contributed by atoms with Crippen molar-refractivity contribution in [3.63, 3.8) is 0 Å². The number of carbonyl (C=O) groups is 1. The molecule has 4 heteroatoms. The molecule has 1 aromatic rings. The largest absolute Gasteiger partial charge is 0.333 e. The third-order valence-corrected chi connectivity index (χ3v) is 5.85. The van der Waals surface area contributed by atoms with Crippen molar-refractivity contribution in [3.8, 4) is 0 Å². The Balaban J connectivity index is 1.80. The molecule has 0 aliphatic carbocycles. The lowest BCUT2D eigenvalue weighted by Gasteiger charge is -2.33. The minimum atomic E-state index is 0.277. The van der Waals surface area contributed by atoms with Gasteiger partial charge in [0.2, 0.25) is 0 Å². The van der Waals surface area contributed by atoms with Crippen LogP contribution in [0, 0.1) is 0 Å². The van der Waals surface area contributed by atoms with Crippen molar-refractivity contribution in [2.24, 2.45) is 0 Å². The van der Waals surface area contributed by atoms with Crippen molar-refractivity contribution >= 4 is 17.2 Å².